The minimum absolute atomic E-state index is 0.153. The molecule has 158 valence electrons. The fourth-order valence-electron chi connectivity index (χ4n) is 3.24. The molecule has 1 aliphatic heterocycles. The topological polar surface area (TPSA) is 94.8 Å². The second kappa shape index (κ2) is 8.49. The molecule has 1 saturated heterocycles. The molecule has 4 rings (SSSR count). The number of aryl methyl sites for hydroxylation is 2. The summed E-state index contributed by atoms with van der Waals surface area (Å²) in [5, 5.41) is 15.6. The van der Waals surface area contributed by atoms with Crippen LogP contribution in [0, 0.1) is 13.8 Å². The zero-order chi connectivity index (χ0) is 22.0. The van der Waals surface area contributed by atoms with Crippen LogP contribution in [0.15, 0.2) is 70.8 Å². The van der Waals surface area contributed by atoms with Gasteiger partial charge in [-0.15, -0.1) is 0 Å². The van der Waals surface area contributed by atoms with Crippen LogP contribution in [-0.2, 0) is 9.59 Å². The highest BCUT2D eigenvalue weighted by Gasteiger charge is 2.34. The minimum Gasteiger partial charge on any atom is -0.457 e. The highest BCUT2D eigenvalue weighted by atomic mass is 16.3. The van der Waals surface area contributed by atoms with Gasteiger partial charge in [0, 0.05) is 17.3 Å². The lowest BCUT2D eigenvalue weighted by molar-refractivity contribution is -0.136. The lowest BCUT2D eigenvalue weighted by Gasteiger charge is -2.18. The van der Waals surface area contributed by atoms with Gasteiger partial charge in [-0.1, -0.05) is 47.5 Å². The number of nitrogens with zero attached hydrogens (tertiary/aromatic N) is 1. The molecule has 1 unspecified atom stereocenters. The molecule has 0 saturated carbocycles. The lowest BCUT2D eigenvalue weighted by atomic mass is 10.1. The summed E-state index contributed by atoms with van der Waals surface area (Å²) in [5.74, 6) is 0.246. The summed E-state index contributed by atoms with van der Waals surface area (Å²) >= 11 is 0. The van der Waals surface area contributed by atoms with Gasteiger partial charge in [0.1, 0.15) is 23.8 Å². The lowest BCUT2D eigenvalue weighted by Crippen LogP contribution is -2.42. The monoisotopic (exact) mass is 417 g/mol. The first-order chi connectivity index (χ1) is 14.9. The normalized spacial score (nSPS) is 17.1. The van der Waals surface area contributed by atoms with E-state index in [0.29, 0.717) is 17.2 Å². The van der Waals surface area contributed by atoms with Crippen LogP contribution in [-0.4, -0.2) is 34.7 Å². The second-order valence-corrected chi connectivity index (χ2v) is 7.49. The van der Waals surface area contributed by atoms with Gasteiger partial charge in [0.25, 0.3) is 5.91 Å². The maximum absolute atomic E-state index is 12.7. The van der Waals surface area contributed by atoms with E-state index in [1.165, 1.54) is 6.08 Å². The Balaban J connectivity index is 1.43. The summed E-state index contributed by atoms with van der Waals surface area (Å²) in [6.45, 7) is 3.68. The van der Waals surface area contributed by atoms with Gasteiger partial charge in [-0.05, 0) is 38.1 Å². The molecule has 1 fully saturated rings. The van der Waals surface area contributed by atoms with Crippen molar-refractivity contribution in [2.24, 2.45) is 0 Å². The Kier molecular flexibility index (Phi) is 5.60. The van der Waals surface area contributed by atoms with Gasteiger partial charge in [-0.25, -0.2) is 0 Å². The molecule has 1 aliphatic rings. The third-order valence-electron chi connectivity index (χ3n) is 4.97. The van der Waals surface area contributed by atoms with Gasteiger partial charge in [-0.2, -0.15) is 0 Å². The van der Waals surface area contributed by atoms with Crippen molar-refractivity contribution in [3.63, 3.8) is 0 Å². The fourth-order valence-corrected chi connectivity index (χ4v) is 3.24. The zero-order valence-electron chi connectivity index (χ0n) is 17.3. The van der Waals surface area contributed by atoms with Crippen LogP contribution < -0.4 is 10.6 Å². The van der Waals surface area contributed by atoms with E-state index in [9.17, 15) is 14.7 Å². The van der Waals surface area contributed by atoms with Gasteiger partial charge in [-0.3, -0.25) is 14.5 Å². The highest BCUT2D eigenvalue weighted by molar-refractivity contribution is 6.02. The van der Waals surface area contributed by atoms with E-state index < -0.39 is 18.2 Å². The molecule has 2 amide bonds. The first-order valence-corrected chi connectivity index (χ1v) is 9.90. The van der Waals surface area contributed by atoms with Crippen LogP contribution in [0.1, 0.15) is 16.9 Å². The molecular weight excluding hydrogens is 394 g/mol. The fraction of sp³-hybridized carbons (Fsp3) is 0.167. The number of amides is 2. The van der Waals surface area contributed by atoms with E-state index in [4.69, 9.17) is 4.42 Å². The summed E-state index contributed by atoms with van der Waals surface area (Å²) in [6.07, 6.45) is 0.218. The number of benzene rings is 2. The van der Waals surface area contributed by atoms with Crippen molar-refractivity contribution in [3.05, 3.63) is 83.2 Å². The number of aliphatic hydroxyl groups excluding tert-OH is 1. The number of nitrogens with one attached hydrogen (secondary N) is 2. The van der Waals surface area contributed by atoms with Crippen molar-refractivity contribution in [1.29, 1.82) is 0 Å². The predicted octanol–water partition coefficient (Wildman–Crippen LogP) is 3.25. The maximum Gasteiger partial charge on any atom is 0.274 e. The third kappa shape index (κ3) is 4.67. The summed E-state index contributed by atoms with van der Waals surface area (Å²) in [5.41, 5.74) is 3.93. The smallest absolute Gasteiger partial charge is 0.274 e. The summed E-state index contributed by atoms with van der Waals surface area (Å²) in [4.78, 5) is 26.0. The Morgan fingerprint density at radius 3 is 2.39 bits per heavy atom. The highest BCUT2D eigenvalue weighted by Crippen LogP contribution is 2.24. The van der Waals surface area contributed by atoms with E-state index in [1.807, 2.05) is 56.3 Å². The summed E-state index contributed by atoms with van der Waals surface area (Å²) < 4.78 is 5.81. The van der Waals surface area contributed by atoms with E-state index >= 15 is 0 Å². The average molecular weight is 417 g/mol. The van der Waals surface area contributed by atoms with Gasteiger partial charge in [0.15, 0.2) is 0 Å². The first-order valence-electron chi connectivity index (χ1n) is 9.90. The van der Waals surface area contributed by atoms with Crippen LogP contribution in [0.25, 0.3) is 17.4 Å². The van der Waals surface area contributed by atoms with Crippen LogP contribution >= 0.6 is 0 Å². The van der Waals surface area contributed by atoms with Gasteiger partial charge < -0.3 is 20.2 Å². The molecule has 0 spiro atoms. The zero-order valence-corrected chi connectivity index (χ0v) is 17.3. The number of anilines is 1. The molecule has 7 nitrogen and oxygen atoms in total. The van der Waals surface area contributed by atoms with Crippen molar-refractivity contribution < 1.29 is 19.1 Å². The van der Waals surface area contributed by atoms with Gasteiger partial charge in [0.05, 0.1) is 0 Å². The molecule has 3 N–H and O–H groups in total. The second-order valence-electron chi connectivity index (χ2n) is 7.49. The number of furan rings is 1. The third-order valence-corrected chi connectivity index (χ3v) is 4.97. The van der Waals surface area contributed by atoms with Crippen LogP contribution in [0.4, 0.5) is 5.69 Å². The van der Waals surface area contributed by atoms with E-state index in [-0.39, 0.29) is 12.2 Å². The van der Waals surface area contributed by atoms with Crippen LogP contribution in [0.5, 0.6) is 0 Å². The maximum atomic E-state index is 12.7. The van der Waals surface area contributed by atoms with Gasteiger partial charge in [0.2, 0.25) is 12.3 Å². The molecular formula is C24H23N3O4. The molecule has 3 aromatic rings. The van der Waals surface area contributed by atoms with E-state index in [0.717, 1.165) is 21.6 Å². The predicted molar refractivity (Wildman–Crippen MR) is 118 cm³/mol. The number of aliphatic hydroxyl groups is 1. The van der Waals surface area contributed by atoms with E-state index in [1.54, 1.807) is 18.2 Å². The molecule has 7 heteroatoms. The Hall–Kier alpha value is -3.84. The summed E-state index contributed by atoms with van der Waals surface area (Å²) in [7, 11) is 0. The van der Waals surface area contributed by atoms with Crippen molar-refractivity contribution in [1.82, 2.24) is 10.2 Å². The first kappa shape index (κ1) is 20.4. The number of carbonyl (C=O) groups is 2. The van der Waals surface area contributed by atoms with Crippen molar-refractivity contribution >= 4 is 23.6 Å². The molecule has 2 heterocycles. The van der Waals surface area contributed by atoms with Crippen molar-refractivity contribution in [2.75, 3.05) is 11.9 Å². The molecule has 0 aliphatic carbocycles. The molecule has 1 aromatic heterocycles. The van der Waals surface area contributed by atoms with Crippen molar-refractivity contribution in [2.45, 2.75) is 20.2 Å². The number of carbonyl (C=O) groups excluding carboxylic acids is 2. The van der Waals surface area contributed by atoms with Crippen LogP contribution in [0.2, 0.25) is 0 Å². The summed E-state index contributed by atoms with van der Waals surface area (Å²) in [6, 6.07) is 18.8. The Morgan fingerprint density at radius 2 is 1.71 bits per heavy atom. The number of hydrogen-bond acceptors (Lipinski definition) is 5. The Bertz CT molecular complexity index is 1130. The van der Waals surface area contributed by atoms with Gasteiger partial charge >= 0.3 is 0 Å². The Morgan fingerprint density at radius 1 is 1.06 bits per heavy atom. The number of hydrogen-bond donors (Lipinski definition) is 3. The molecule has 31 heavy (non-hydrogen) atoms. The quantitative estimate of drug-likeness (QED) is 0.554. The van der Waals surface area contributed by atoms with E-state index in [2.05, 4.69) is 10.6 Å². The molecule has 0 radical (unpaired) electrons. The van der Waals surface area contributed by atoms with Crippen molar-refractivity contribution in [3.8, 4) is 11.3 Å². The number of rotatable bonds is 5. The minimum atomic E-state index is -1.30. The molecule has 0 bridgehead atoms. The molecule has 2 aromatic carbocycles. The standard InChI is InChI=1S/C24H23N3O4/c1-15-3-7-17(8-4-15)21-12-11-19(31-21)13-20-23(29)27(24(30)26-20)14-22(28)25-18-9-5-16(2)6-10-18/h3-13,24,26,30H,14H2,1-2H3,(H,25,28)/b20-13-. The largest absolute Gasteiger partial charge is 0.457 e. The SMILES string of the molecule is Cc1ccc(NC(=O)CN2C(=O)/C(=C/c3ccc(-c4ccc(C)cc4)o3)NC2O)cc1. The Labute approximate surface area is 180 Å². The average Bonchev–Trinajstić information content (AvgIpc) is 3.31. The van der Waals surface area contributed by atoms with Crippen LogP contribution in [0.3, 0.4) is 0 Å². The molecule has 1 atom stereocenters.